The molecule has 0 amide bonds. The van der Waals surface area contributed by atoms with Gasteiger partial charge in [0.05, 0.1) is 16.9 Å². The van der Waals surface area contributed by atoms with E-state index >= 15 is 0 Å². The van der Waals surface area contributed by atoms with E-state index in [1.807, 2.05) is 13.8 Å². The Kier molecular flexibility index (Phi) is 4.89. The Morgan fingerprint density at radius 1 is 1.27 bits per heavy atom. The standard InChI is InChI=1S/C15H21NO5S/c1-10(2)11-3-5-12(6-4-11)22(20,21)16-8-7-14(17)13(9-16)15(18)19/h3-6,10,13-14,17H,7-9H2,1-2H3,(H,18,19)/t13-,14+/m0/s1. The Morgan fingerprint density at radius 3 is 2.36 bits per heavy atom. The third-order valence-electron chi connectivity index (χ3n) is 4.04. The molecule has 1 aromatic carbocycles. The maximum Gasteiger partial charge on any atom is 0.310 e. The van der Waals surface area contributed by atoms with Crippen LogP contribution in [0.3, 0.4) is 0 Å². The van der Waals surface area contributed by atoms with E-state index in [-0.39, 0.29) is 24.4 Å². The second-order valence-electron chi connectivity index (χ2n) is 5.89. The number of benzene rings is 1. The number of carboxylic acids is 1. The summed E-state index contributed by atoms with van der Waals surface area (Å²) in [4.78, 5) is 11.3. The molecule has 2 N–H and O–H groups in total. The lowest BCUT2D eigenvalue weighted by Crippen LogP contribution is -2.48. The van der Waals surface area contributed by atoms with Crippen molar-refractivity contribution in [2.24, 2.45) is 5.92 Å². The Labute approximate surface area is 130 Å². The van der Waals surface area contributed by atoms with Crippen LogP contribution in [0.1, 0.15) is 31.7 Å². The van der Waals surface area contributed by atoms with E-state index in [0.717, 1.165) is 9.87 Å². The van der Waals surface area contributed by atoms with Gasteiger partial charge < -0.3 is 10.2 Å². The minimum atomic E-state index is -3.74. The topological polar surface area (TPSA) is 94.9 Å². The molecule has 1 fully saturated rings. The predicted octanol–water partition coefficient (Wildman–Crippen LogP) is 1.27. The number of aliphatic carboxylic acids is 1. The van der Waals surface area contributed by atoms with Crippen LogP contribution in [-0.2, 0) is 14.8 Å². The average molecular weight is 327 g/mol. The van der Waals surface area contributed by atoms with Gasteiger partial charge in [0.15, 0.2) is 0 Å². The van der Waals surface area contributed by atoms with Gasteiger partial charge in [0.25, 0.3) is 0 Å². The lowest BCUT2D eigenvalue weighted by Gasteiger charge is -2.33. The number of aliphatic hydroxyl groups excluding tert-OH is 1. The smallest absolute Gasteiger partial charge is 0.310 e. The molecular formula is C15H21NO5S. The van der Waals surface area contributed by atoms with Gasteiger partial charge in [-0.2, -0.15) is 4.31 Å². The second-order valence-corrected chi connectivity index (χ2v) is 7.83. The van der Waals surface area contributed by atoms with Gasteiger partial charge >= 0.3 is 5.97 Å². The number of piperidine rings is 1. The van der Waals surface area contributed by atoms with Gasteiger partial charge in [-0.3, -0.25) is 4.79 Å². The average Bonchev–Trinajstić information content (AvgIpc) is 2.47. The first kappa shape index (κ1) is 16.9. The highest BCUT2D eigenvalue weighted by Crippen LogP contribution is 2.25. The number of hydrogen-bond donors (Lipinski definition) is 2. The van der Waals surface area contributed by atoms with Crippen molar-refractivity contribution in [3.8, 4) is 0 Å². The van der Waals surface area contributed by atoms with Gasteiger partial charge in [-0.25, -0.2) is 8.42 Å². The number of carbonyl (C=O) groups is 1. The van der Waals surface area contributed by atoms with Gasteiger partial charge in [0.2, 0.25) is 10.0 Å². The van der Waals surface area contributed by atoms with Crippen molar-refractivity contribution >= 4 is 16.0 Å². The summed E-state index contributed by atoms with van der Waals surface area (Å²) < 4.78 is 26.3. The molecule has 0 aromatic heterocycles. The fourth-order valence-electron chi connectivity index (χ4n) is 2.54. The molecule has 0 aliphatic carbocycles. The van der Waals surface area contributed by atoms with Crippen molar-refractivity contribution in [3.63, 3.8) is 0 Å². The highest BCUT2D eigenvalue weighted by molar-refractivity contribution is 7.89. The van der Waals surface area contributed by atoms with E-state index in [2.05, 4.69) is 0 Å². The molecule has 122 valence electrons. The Hall–Kier alpha value is -1.44. The number of carboxylic acid groups (broad SMARTS) is 1. The lowest BCUT2D eigenvalue weighted by molar-refractivity contribution is -0.147. The minimum absolute atomic E-state index is 0.124. The van der Waals surface area contributed by atoms with Gasteiger partial charge in [0, 0.05) is 13.1 Å². The summed E-state index contributed by atoms with van der Waals surface area (Å²) in [5.41, 5.74) is 1.04. The van der Waals surface area contributed by atoms with Crippen molar-refractivity contribution in [2.75, 3.05) is 13.1 Å². The molecule has 0 saturated carbocycles. The van der Waals surface area contributed by atoms with E-state index in [0.29, 0.717) is 5.92 Å². The van der Waals surface area contributed by atoms with Crippen molar-refractivity contribution in [1.82, 2.24) is 4.31 Å². The fourth-order valence-corrected chi connectivity index (χ4v) is 4.03. The van der Waals surface area contributed by atoms with Crippen LogP contribution in [0.25, 0.3) is 0 Å². The molecule has 1 saturated heterocycles. The number of sulfonamides is 1. The Bertz CT molecular complexity index is 638. The molecule has 0 unspecified atom stereocenters. The van der Waals surface area contributed by atoms with Crippen LogP contribution in [0, 0.1) is 5.92 Å². The van der Waals surface area contributed by atoms with Crippen LogP contribution < -0.4 is 0 Å². The second kappa shape index (κ2) is 6.36. The number of rotatable bonds is 4. The number of nitrogens with zero attached hydrogens (tertiary/aromatic N) is 1. The van der Waals surface area contributed by atoms with Crippen LogP contribution in [0.5, 0.6) is 0 Å². The zero-order chi connectivity index (χ0) is 16.5. The van der Waals surface area contributed by atoms with Crippen molar-refractivity contribution in [3.05, 3.63) is 29.8 Å². The molecule has 1 aliphatic heterocycles. The summed E-state index contributed by atoms with van der Waals surface area (Å²) in [6.45, 7) is 3.96. The zero-order valence-corrected chi connectivity index (χ0v) is 13.5. The molecule has 1 heterocycles. The maximum absolute atomic E-state index is 12.6. The minimum Gasteiger partial charge on any atom is -0.481 e. The summed E-state index contributed by atoms with van der Waals surface area (Å²) >= 11 is 0. The van der Waals surface area contributed by atoms with Crippen LogP contribution in [0.2, 0.25) is 0 Å². The van der Waals surface area contributed by atoms with Gasteiger partial charge in [-0.15, -0.1) is 0 Å². The molecule has 6 nitrogen and oxygen atoms in total. The first-order valence-corrected chi connectivity index (χ1v) is 8.68. The predicted molar refractivity (Wildman–Crippen MR) is 81.0 cm³/mol. The molecule has 0 spiro atoms. The summed E-state index contributed by atoms with van der Waals surface area (Å²) in [7, 11) is -3.74. The van der Waals surface area contributed by atoms with Crippen molar-refractivity contribution in [2.45, 2.75) is 37.2 Å². The SMILES string of the molecule is CC(C)c1ccc(S(=O)(=O)N2CC[C@@H](O)[C@@H](C(=O)O)C2)cc1. The lowest BCUT2D eigenvalue weighted by atomic mass is 9.96. The van der Waals surface area contributed by atoms with Gasteiger partial charge in [-0.1, -0.05) is 26.0 Å². The fraction of sp³-hybridized carbons (Fsp3) is 0.533. The molecule has 0 radical (unpaired) electrons. The first-order valence-electron chi connectivity index (χ1n) is 7.24. The van der Waals surface area contributed by atoms with Crippen LogP contribution >= 0.6 is 0 Å². The summed E-state index contributed by atoms with van der Waals surface area (Å²) in [5.74, 6) is -1.96. The van der Waals surface area contributed by atoms with E-state index in [1.165, 1.54) is 0 Å². The van der Waals surface area contributed by atoms with Crippen molar-refractivity contribution in [1.29, 1.82) is 0 Å². The molecular weight excluding hydrogens is 306 g/mol. The quantitative estimate of drug-likeness (QED) is 0.868. The van der Waals surface area contributed by atoms with Crippen molar-refractivity contribution < 1.29 is 23.4 Å². The van der Waals surface area contributed by atoms with Gasteiger partial charge in [-0.05, 0) is 30.0 Å². The molecule has 22 heavy (non-hydrogen) atoms. The van der Waals surface area contributed by atoms with Gasteiger partial charge in [0.1, 0.15) is 0 Å². The molecule has 1 aromatic rings. The Balaban J connectivity index is 2.24. The number of aliphatic hydroxyl groups is 1. The van der Waals surface area contributed by atoms with E-state index in [1.54, 1.807) is 24.3 Å². The Morgan fingerprint density at radius 2 is 1.86 bits per heavy atom. The van der Waals surface area contributed by atoms with Crippen LogP contribution in [0.15, 0.2) is 29.2 Å². The third-order valence-corrected chi connectivity index (χ3v) is 5.92. The molecule has 7 heteroatoms. The number of hydrogen-bond acceptors (Lipinski definition) is 4. The maximum atomic E-state index is 12.6. The molecule has 0 bridgehead atoms. The largest absolute Gasteiger partial charge is 0.481 e. The summed E-state index contributed by atoms with van der Waals surface area (Å²) in [6, 6.07) is 6.63. The van der Waals surface area contributed by atoms with Crippen LogP contribution in [-0.4, -0.2) is 48.1 Å². The highest BCUT2D eigenvalue weighted by Gasteiger charge is 2.38. The summed E-state index contributed by atoms with van der Waals surface area (Å²) in [6.07, 6.45) is -0.882. The molecule has 2 rings (SSSR count). The zero-order valence-electron chi connectivity index (χ0n) is 12.6. The first-order chi connectivity index (χ1) is 10.2. The highest BCUT2D eigenvalue weighted by atomic mass is 32.2. The molecule has 2 atom stereocenters. The monoisotopic (exact) mass is 327 g/mol. The van der Waals surface area contributed by atoms with E-state index in [9.17, 15) is 18.3 Å². The summed E-state index contributed by atoms with van der Waals surface area (Å²) in [5, 5.41) is 18.8. The van der Waals surface area contributed by atoms with E-state index in [4.69, 9.17) is 5.11 Å². The van der Waals surface area contributed by atoms with E-state index < -0.39 is 28.0 Å². The molecule has 1 aliphatic rings. The normalized spacial score (nSPS) is 23.6. The van der Waals surface area contributed by atoms with Crippen LogP contribution in [0.4, 0.5) is 0 Å². The third kappa shape index (κ3) is 3.31.